The van der Waals surface area contributed by atoms with Gasteiger partial charge in [-0.1, -0.05) is 11.6 Å². The average molecular weight is 197 g/mol. The SMILES string of the molecule is Cc1cc2ncc(Cl)nc2cc1F. The molecule has 13 heavy (non-hydrogen) atoms. The van der Waals surface area contributed by atoms with E-state index in [0.717, 1.165) is 0 Å². The molecule has 1 aromatic heterocycles. The summed E-state index contributed by atoms with van der Waals surface area (Å²) in [6.45, 7) is 1.69. The van der Waals surface area contributed by atoms with Crippen molar-refractivity contribution in [3.05, 3.63) is 34.9 Å². The summed E-state index contributed by atoms with van der Waals surface area (Å²) in [5.74, 6) is -0.288. The number of nitrogens with zero attached hydrogens (tertiary/aromatic N) is 2. The fourth-order valence-corrected chi connectivity index (χ4v) is 1.26. The lowest BCUT2D eigenvalue weighted by Gasteiger charge is -1.99. The van der Waals surface area contributed by atoms with E-state index in [-0.39, 0.29) is 11.0 Å². The third-order valence-electron chi connectivity index (χ3n) is 1.79. The maximum absolute atomic E-state index is 13.1. The zero-order chi connectivity index (χ0) is 9.42. The minimum Gasteiger partial charge on any atom is -0.251 e. The third kappa shape index (κ3) is 1.47. The van der Waals surface area contributed by atoms with Crippen LogP contribution in [0.4, 0.5) is 4.39 Å². The van der Waals surface area contributed by atoms with E-state index < -0.39 is 0 Å². The third-order valence-corrected chi connectivity index (χ3v) is 1.98. The second kappa shape index (κ2) is 2.92. The largest absolute Gasteiger partial charge is 0.251 e. The molecule has 1 heterocycles. The van der Waals surface area contributed by atoms with Crippen molar-refractivity contribution in [1.29, 1.82) is 0 Å². The quantitative estimate of drug-likeness (QED) is 0.648. The first-order chi connectivity index (χ1) is 6.16. The monoisotopic (exact) mass is 196 g/mol. The Morgan fingerprint density at radius 1 is 1.31 bits per heavy atom. The summed E-state index contributed by atoms with van der Waals surface area (Å²) >= 11 is 5.61. The predicted octanol–water partition coefficient (Wildman–Crippen LogP) is 2.73. The molecular weight excluding hydrogens is 191 g/mol. The lowest BCUT2D eigenvalue weighted by atomic mass is 10.2. The summed E-state index contributed by atoms with van der Waals surface area (Å²) in [5, 5.41) is 0.274. The number of rotatable bonds is 0. The highest BCUT2D eigenvalue weighted by Crippen LogP contribution is 2.16. The first-order valence-electron chi connectivity index (χ1n) is 3.75. The molecule has 0 aliphatic rings. The van der Waals surface area contributed by atoms with Gasteiger partial charge in [0.25, 0.3) is 0 Å². The van der Waals surface area contributed by atoms with Crippen molar-refractivity contribution in [2.45, 2.75) is 6.92 Å². The predicted molar refractivity (Wildman–Crippen MR) is 49.2 cm³/mol. The molecule has 2 rings (SSSR count). The Balaban J connectivity index is 2.81. The number of aryl methyl sites for hydroxylation is 1. The highest BCUT2D eigenvalue weighted by atomic mass is 35.5. The normalized spacial score (nSPS) is 10.7. The van der Waals surface area contributed by atoms with E-state index in [0.29, 0.717) is 16.6 Å². The van der Waals surface area contributed by atoms with Gasteiger partial charge in [0.1, 0.15) is 11.0 Å². The lowest BCUT2D eigenvalue weighted by molar-refractivity contribution is 0.620. The average Bonchev–Trinajstić information content (AvgIpc) is 2.08. The van der Waals surface area contributed by atoms with Gasteiger partial charge in [-0.3, -0.25) is 4.98 Å². The summed E-state index contributed by atoms with van der Waals surface area (Å²) in [4.78, 5) is 7.96. The topological polar surface area (TPSA) is 25.8 Å². The summed E-state index contributed by atoms with van der Waals surface area (Å²) in [6, 6.07) is 2.98. The Morgan fingerprint density at radius 3 is 2.85 bits per heavy atom. The van der Waals surface area contributed by atoms with Crippen molar-refractivity contribution in [1.82, 2.24) is 9.97 Å². The number of benzene rings is 1. The Labute approximate surface area is 79.4 Å². The molecule has 0 amide bonds. The van der Waals surface area contributed by atoms with Crippen LogP contribution in [0.3, 0.4) is 0 Å². The van der Waals surface area contributed by atoms with Gasteiger partial charge in [0.2, 0.25) is 0 Å². The number of hydrogen-bond donors (Lipinski definition) is 0. The van der Waals surface area contributed by atoms with Crippen LogP contribution in [0.5, 0.6) is 0 Å². The fourth-order valence-electron chi connectivity index (χ4n) is 1.12. The molecule has 2 aromatic rings. The molecule has 0 bridgehead atoms. The fraction of sp³-hybridized carbons (Fsp3) is 0.111. The van der Waals surface area contributed by atoms with Crippen LogP contribution in [0.2, 0.25) is 5.15 Å². The first kappa shape index (κ1) is 8.38. The molecule has 0 unspecified atom stereocenters. The van der Waals surface area contributed by atoms with Gasteiger partial charge in [-0.05, 0) is 18.6 Å². The van der Waals surface area contributed by atoms with Crippen LogP contribution in [0.1, 0.15) is 5.56 Å². The standard InChI is InChI=1S/C9H6ClFN2/c1-5-2-7-8(3-6(5)11)13-9(10)4-12-7/h2-4H,1H3. The summed E-state index contributed by atoms with van der Waals surface area (Å²) in [5.41, 5.74) is 1.70. The van der Waals surface area contributed by atoms with E-state index in [9.17, 15) is 4.39 Å². The second-order valence-electron chi connectivity index (χ2n) is 2.78. The molecule has 0 radical (unpaired) electrons. The smallest absolute Gasteiger partial charge is 0.148 e. The van der Waals surface area contributed by atoms with Crippen LogP contribution < -0.4 is 0 Å². The van der Waals surface area contributed by atoms with E-state index in [1.54, 1.807) is 13.0 Å². The van der Waals surface area contributed by atoms with Gasteiger partial charge in [-0.2, -0.15) is 0 Å². The summed E-state index contributed by atoms with van der Waals surface area (Å²) in [7, 11) is 0. The maximum atomic E-state index is 13.1. The number of aromatic nitrogens is 2. The van der Waals surface area contributed by atoms with E-state index in [1.165, 1.54) is 12.3 Å². The van der Waals surface area contributed by atoms with E-state index in [2.05, 4.69) is 9.97 Å². The molecule has 0 aliphatic heterocycles. The van der Waals surface area contributed by atoms with Crippen LogP contribution in [-0.4, -0.2) is 9.97 Å². The molecular formula is C9H6ClFN2. The molecule has 0 aliphatic carbocycles. The van der Waals surface area contributed by atoms with Crippen molar-refractivity contribution in [3.63, 3.8) is 0 Å². The molecule has 0 atom stereocenters. The molecule has 4 heteroatoms. The number of hydrogen-bond acceptors (Lipinski definition) is 2. The Bertz CT molecular complexity index is 470. The van der Waals surface area contributed by atoms with Crippen molar-refractivity contribution >= 4 is 22.6 Å². The van der Waals surface area contributed by atoms with Crippen LogP contribution in [0.15, 0.2) is 18.3 Å². The van der Waals surface area contributed by atoms with Crippen molar-refractivity contribution < 1.29 is 4.39 Å². The molecule has 0 saturated carbocycles. The van der Waals surface area contributed by atoms with Gasteiger partial charge in [0.05, 0.1) is 17.2 Å². The van der Waals surface area contributed by atoms with E-state index in [4.69, 9.17) is 11.6 Å². The van der Waals surface area contributed by atoms with Gasteiger partial charge in [0, 0.05) is 6.07 Å². The van der Waals surface area contributed by atoms with Crippen LogP contribution >= 0.6 is 11.6 Å². The van der Waals surface area contributed by atoms with Gasteiger partial charge in [-0.15, -0.1) is 0 Å². The minimum absolute atomic E-state index is 0.274. The molecule has 2 nitrogen and oxygen atoms in total. The molecule has 66 valence electrons. The van der Waals surface area contributed by atoms with Crippen molar-refractivity contribution in [3.8, 4) is 0 Å². The minimum atomic E-state index is -0.288. The van der Waals surface area contributed by atoms with E-state index in [1.807, 2.05) is 0 Å². The Kier molecular flexibility index (Phi) is 1.88. The van der Waals surface area contributed by atoms with Gasteiger partial charge >= 0.3 is 0 Å². The number of fused-ring (bicyclic) bond motifs is 1. The van der Waals surface area contributed by atoms with Gasteiger partial charge in [-0.25, -0.2) is 9.37 Å². The number of halogens is 2. The van der Waals surface area contributed by atoms with E-state index >= 15 is 0 Å². The molecule has 0 saturated heterocycles. The Morgan fingerprint density at radius 2 is 2.08 bits per heavy atom. The summed E-state index contributed by atoms with van der Waals surface area (Å²) < 4.78 is 13.1. The highest BCUT2D eigenvalue weighted by molar-refractivity contribution is 6.29. The first-order valence-corrected chi connectivity index (χ1v) is 4.13. The maximum Gasteiger partial charge on any atom is 0.148 e. The van der Waals surface area contributed by atoms with Crippen LogP contribution in [0.25, 0.3) is 11.0 Å². The van der Waals surface area contributed by atoms with Gasteiger partial charge < -0.3 is 0 Å². The highest BCUT2D eigenvalue weighted by Gasteiger charge is 2.02. The molecule has 0 N–H and O–H groups in total. The van der Waals surface area contributed by atoms with Crippen LogP contribution in [-0.2, 0) is 0 Å². The van der Waals surface area contributed by atoms with Crippen molar-refractivity contribution in [2.24, 2.45) is 0 Å². The molecule has 1 aromatic carbocycles. The Hall–Kier alpha value is -1.22. The summed E-state index contributed by atoms with van der Waals surface area (Å²) in [6.07, 6.45) is 1.45. The van der Waals surface area contributed by atoms with Crippen molar-refractivity contribution in [2.75, 3.05) is 0 Å². The molecule has 0 spiro atoms. The molecule has 0 fully saturated rings. The van der Waals surface area contributed by atoms with Gasteiger partial charge in [0.15, 0.2) is 0 Å². The zero-order valence-electron chi connectivity index (χ0n) is 6.88. The van der Waals surface area contributed by atoms with Crippen LogP contribution in [0, 0.1) is 12.7 Å². The zero-order valence-corrected chi connectivity index (χ0v) is 7.64. The lowest BCUT2D eigenvalue weighted by Crippen LogP contribution is -1.88. The second-order valence-corrected chi connectivity index (χ2v) is 3.17.